The third kappa shape index (κ3) is 3.19. The molecule has 0 radical (unpaired) electrons. The minimum Gasteiger partial charge on any atom is -0.380 e. The lowest BCUT2D eigenvalue weighted by atomic mass is 10.2. The molecule has 100 valence electrons. The molecule has 0 aliphatic heterocycles. The molecule has 0 spiro atoms. The van der Waals surface area contributed by atoms with Crippen molar-refractivity contribution in [3.8, 4) is 0 Å². The Kier molecular flexibility index (Phi) is 4.24. The zero-order valence-corrected chi connectivity index (χ0v) is 13.1. The molecular weight excluding hydrogens is 338 g/mol. The zero-order chi connectivity index (χ0) is 13.3. The average Bonchev–Trinajstić information content (AvgIpc) is 2.71. The molecule has 6 heteroatoms. The van der Waals surface area contributed by atoms with E-state index >= 15 is 0 Å². The van der Waals surface area contributed by atoms with Crippen LogP contribution in [-0.2, 0) is 9.84 Å². The van der Waals surface area contributed by atoms with Gasteiger partial charge in [-0.1, -0.05) is 11.6 Å². The normalized spacial score (nSPS) is 24.2. The first-order valence-corrected chi connectivity index (χ1v) is 8.91. The number of hydrogen-bond acceptors (Lipinski definition) is 3. The number of anilines is 1. The van der Waals surface area contributed by atoms with Gasteiger partial charge in [0.25, 0.3) is 0 Å². The molecule has 18 heavy (non-hydrogen) atoms. The van der Waals surface area contributed by atoms with Crippen LogP contribution in [0.2, 0.25) is 5.02 Å². The van der Waals surface area contributed by atoms with Gasteiger partial charge in [-0.25, -0.2) is 8.42 Å². The van der Waals surface area contributed by atoms with E-state index in [1.807, 2.05) is 12.1 Å². The molecule has 2 atom stereocenters. The summed E-state index contributed by atoms with van der Waals surface area (Å²) in [5, 5.41) is 3.63. The summed E-state index contributed by atoms with van der Waals surface area (Å²) < 4.78 is 24.3. The summed E-state index contributed by atoms with van der Waals surface area (Å²) in [4.78, 5) is 0. The van der Waals surface area contributed by atoms with Gasteiger partial charge in [0.05, 0.1) is 10.9 Å². The van der Waals surface area contributed by atoms with E-state index in [4.69, 9.17) is 11.6 Å². The summed E-state index contributed by atoms with van der Waals surface area (Å²) in [6.45, 7) is 0. The van der Waals surface area contributed by atoms with Crippen LogP contribution in [-0.4, -0.2) is 26.0 Å². The van der Waals surface area contributed by atoms with Crippen LogP contribution in [0.1, 0.15) is 19.3 Å². The molecule has 1 aromatic carbocycles. The maximum absolute atomic E-state index is 11.7. The van der Waals surface area contributed by atoms with Crippen molar-refractivity contribution in [3.05, 3.63) is 27.7 Å². The highest BCUT2D eigenvalue weighted by Crippen LogP contribution is 2.32. The second-order valence-electron chi connectivity index (χ2n) is 4.67. The van der Waals surface area contributed by atoms with Crippen LogP contribution in [0, 0.1) is 0 Å². The van der Waals surface area contributed by atoms with Crippen molar-refractivity contribution in [1.29, 1.82) is 0 Å². The SMILES string of the molecule is CS(=O)(=O)C1CCCC1Nc1cc(Cl)ccc1Br. The Morgan fingerprint density at radius 3 is 2.78 bits per heavy atom. The molecule has 0 aromatic heterocycles. The molecule has 0 amide bonds. The summed E-state index contributed by atoms with van der Waals surface area (Å²) in [5.74, 6) is 0. The second kappa shape index (κ2) is 5.39. The second-order valence-corrected chi connectivity index (χ2v) is 8.23. The maximum atomic E-state index is 11.7. The van der Waals surface area contributed by atoms with Gasteiger partial charge < -0.3 is 5.32 Å². The first kappa shape index (κ1) is 14.2. The van der Waals surface area contributed by atoms with E-state index in [2.05, 4.69) is 21.2 Å². The molecule has 1 N–H and O–H groups in total. The maximum Gasteiger partial charge on any atom is 0.152 e. The molecule has 1 fully saturated rings. The molecule has 0 heterocycles. The molecule has 0 bridgehead atoms. The van der Waals surface area contributed by atoms with Crippen LogP contribution in [0.4, 0.5) is 5.69 Å². The van der Waals surface area contributed by atoms with Gasteiger partial charge in [0.15, 0.2) is 9.84 Å². The van der Waals surface area contributed by atoms with Crippen molar-refractivity contribution in [2.75, 3.05) is 11.6 Å². The van der Waals surface area contributed by atoms with E-state index in [1.54, 1.807) is 6.07 Å². The Morgan fingerprint density at radius 1 is 1.39 bits per heavy atom. The Balaban J connectivity index is 2.21. The van der Waals surface area contributed by atoms with Crippen LogP contribution in [0.25, 0.3) is 0 Å². The van der Waals surface area contributed by atoms with E-state index in [0.717, 1.165) is 29.4 Å². The molecule has 1 aromatic rings. The van der Waals surface area contributed by atoms with Gasteiger partial charge in [0.2, 0.25) is 0 Å². The van der Waals surface area contributed by atoms with Crippen LogP contribution in [0.3, 0.4) is 0 Å². The Bertz CT molecular complexity index is 547. The fourth-order valence-corrected chi connectivity index (χ4v) is 4.34. The lowest BCUT2D eigenvalue weighted by Crippen LogP contribution is -2.34. The van der Waals surface area contributed by atoms with Gasteiger partial charge in [-0.3, -0.25) is 0 Å². The minimum absolute atomic E-state index is 0.0326. The van der Waals surface area contributed by atoms with Crippen molar-refractivity contribution in [2.24, 2.45) is 0 Å². The Morgan fingerprint density at radius 2 is 2.11 bits per heavy atom. The number of nitrogens with one attached hydrogen (secondary N) is 1. The molecule has 2 rings (SSSR count). The predicted octanol–water partition coefficient (Wildman–Crippen LogP) is 3.48. The standard InChI is InChI=1S/C12H15BrClNO2S/c1-18(16,17)12-4-2-3-10(12)15-11-7-8(14)5-6-9(11)13/h5-7,10,12,15H,2-4H2,1H3. The van der Waals surface area contributed by atoms with Crippen molar-refractivity contribution >= 4 is 43.1 Å². The van der Waals surface area contributed by atoms with E-state index < -0.39 is 9.84 Å². The summed E-state index contributed by atoms with van der Waals surface area (Å²) in [6.07, 6.45) is 3.85. The largest absolute Gasteiger partial charge is 0.380 e. The van der Waals surface area contributed by atoms with E-state index in [9.17, 15) is 8.42 Å². The minimum atomic E-state index is -3.01. The summed E-state index contributed by atoms with van der Waals surface area (Å²) in [6, 6.07) is 5.42. The van der Waals surface area contributed by atoms with Gasteiger partial charge in [-0.2, -0.15) is 0 Å². The third-order valence-corrected chi connectivity index (χ3v) is 5.86. The fraction of sp³-hybridized carbons (Fsp3) is 0.500. The monoisotopic (exact) mass is 351 g/mol. The van der Waals surface area contributed by atoms with Gasteiger partial charge in [0.1, 0.15) is 0 Å². The number of rotatable bonds is 3. The smallest absolute Gasteiger partial charge is 0.152 e. The number of hydrogen-bond donors (Lipinski definition) is 1. The van der Waals surface area contributed by atoms with Gasteiger partial charge in [-0.05, 0) is 53.4 Å². The van der Waals surface area contributed by atoms with E-state index in [0.29, 0.717) is 5.02 Å². The van der Waals surface area contributed by atoms with Crippen LogP contribution in [0.15, 0.2) is 22.7 Å². The quantitative estimate of drug-likeness (QED) is 0.906. The van der Waals surface area contributed by atoms with Crippen molar-refractivity contribution < 1.29 is 8.42 Å². The highest BCUT2D eigenvalue weighted by molar-refractivity contribution is 9.10. The predicted molar refractivity (Wildman–Crippen MR) is 79.0 cm³/mol. The van der Waals surface area contributed by atoms with Crippen LogP contribution in [0.5, 0.6) is 0 Å². The van der Waals surface area contributed by atoms with Crippen LogP contribution >= 0.6 is 27.5 Å². The van der Waals surface area contributed by atoms with Gasteiger partial charge in [0, 0.05) is 21.8 Å². The topological polar surface area (TPSA) is 46.2 Å². The molecule has 1 aliphatic carbocycles. The highest BCUT2D eigenvalue weighted by Gasteiger charge is 2.34. The lowest BCUT2D eigenvalue weighted by Gasteiger charge is -2.21. The first-order chi connectivity index (χ1) is 8.38. The van der Waals surface area contributed by atoms with E-state index in [1.165, 1.54) is 6.26 Å². The Hall–Kier alpha value is -0.260. The highest BCUT2D eigenvalue weighted by atomic mass is 79.9. The molecule has 1 aliphatic rings. The summed E-state index contributed by atoms with van der Waals surface area (Å²) >= 11 is 9.39. The third-order valence-electron chi connectivity index (χ3n) is 3.27. The van der Waals surface area contributed by atoms with Crippen molar-refractivity contribution in [2.45, 2.75) is 30.6 Å². The number of halogens is 2. The molecular formula is C12H15BrClNO2S. The molecule has 0 saturated heterocycles. The molecule has 1 saturated carbocycles. The van der Waals surface area contributed by atoms with Crippen molar-refractivity contribution in [3.63, 3.8) is 0 Å². The summed E-state index contributed by atoms with van der Waals surface area (Å²) in [5.41, 5.74) is 0.850. The fourth-order valence-electron chi connectivity index (χ4n) is 2.41. The summed E-state index contributed by atoms with van der Waals surface area (Å²) in [7, 11) is -3.01. The van der Waals surface area contributed by atoms with Gasteiger partial charge >= 0.3 is 0 Å². The van der Waals surface area contributed by atoms with Crippen LogP contribution < -0.4 is 5.32 Å². The van der Waals surface area contributed by atoms with Crippen molar-refractivity contribution in [1.82, 2.24) is 0 Å². The molecule has 3 nitrogen and oxygen atoms in total. The average molecular weight is 353 g/mol. The number of benzene rings is 1. The molecule has 2 unspecified atom stereocenters. The zero-order valence-electron chi connectivity index (χ0n) is 9.99. The Labute approximate surface area is 121 Å². The first-order valence-electron chi connectivity index (χ1n) is 5.78. The van der Waals surface area contributed by atoms with Gasteiger partial charge in [-0.15, -0.1) is 0 Å². The van der Waals surface area contributed by atoms with E-state index in [-0.39, 0.29) is 11.3 Å². The number of sulfone groups is 1. The lowest BCUT2D eigenvalue weighted by molar-refractivity contribution is 0.579.